The zero-order chi connectivity index (χ0) is 19.7. The monoisotopic (exact) mass is 410 g/mol. The van der Waals surface area contributed by atoms with Crippen molar-refractivity contribution >= 4 is 40.5 Å². The van der Waals surface area contributed by atoms with Gasteiger partial charge >= 0.3 is 0 Å². The Balaban J connectivity index is 1.71. The molecule has 3 nitrogen and oxygen atoms in total. The van der Waals surface area contributed by atoms with Crippen LogP contribution in [-0.2, 0) is 0 Å². The Morgan fingerprint density at radius 1 is 1.00 bits per heavy atom. The highest BCUT2D eigenvalue weighted by molar-refractivity contribution is 6.37. The second-order valence-corrected chi connectivity index (χ2v) is 7.85. The lowest BCUT2D eigenvalue weighted by atomic mass is 9.90. The molecule has 4 rings (SSSR count). The van der Waals surface area contributed by atoms with Crippen molar-refractivity contribution in [2.45, 2.75) is 25.4 Å². The van der Waals surface area contributed by atoms with Crippen LogP contribution < -0.4 is 10.2 Å². The molecule has 0 radical (unpaired) electrons. The van der Waals surface area contributed by atoms with Crippen molar-refractivity contribution in [2.75, 3.05) is 10.2 Å². The summed E-state index contributed by atoms with van der Waals surface area (Å²) in [7, 11) is 0. The second kappa shape index (κ2) is 7.86. The Kier molecular flexibility index (Phi) is 5.29. The van der Waals surface area contributed by atoms with Crippen molar-refractivity contribution in [3.63, 3.8) is 0 Å². The fourth-order valence-corrected chi connectivity index (χ4v) is 4.28. The third kappa shape index (κ3) is 3.60. The van der Waals surface area contributed by atoms with E-state index in [1.54, 1.807) is 18.2 Å². The Bertz CT molecular complexity index is 1010. The minimum Gasteiger partial charge on any atom is -0.378 e. The van der Waals surface area contributed by atoms with E-state index in [1.807, 2.05) is 41.3 Å². The fourth-order valence-electron chi connectivity index (χ4n) is 3.79. The van der Waals surface area contributed by atoms with E-state index < -0.39 is 0 Å². The molecule has 28 heavy (non-hydrogen) atoms. The van der Waals surface area contributed by atoms with Crippen LogP contribution in [0.4, 0.5) is 11.4 Å². The number of nitrogens with zero attached hydrogens (tertiary/aromatic N) is 1. The number of carbonyl (C=O) groups is 1. The minimum absolute atomic E-state index is 0.00959. The first-order valence-electron chi connectivity index (χ1n) is 9.23. The molecular formula is C23H20Cl2N2O. The topological polar surface area (TPSA) is 32.3 Å². The van der Waals surface area contributed by atoms with Gasteiger partial charge in [-0.2, -0.15) is 0 Å². The summed E-state index contributed by atoms with van der Waals surface area (Å²) in [6, 6.07) is 23.3. The number of hydrogen-bond acceptors (Lipinski definition) is 2. The SMILES string of the molecule is C[C@H]1C[C@@H](Nc2ccccc2)c2ccccc2N1C(=O)c1ccc(Cl)cc1Cl. The van der Waals surface area contributed by atoms with Gasteiger partial charge in [0, 0.05) is 22.4 Å². The van der Waals surface area contributed by atoms with Crippen molar-refractivity contribution in [1.29, 1.82) is 0 Å². The molecule has 1 heterocycles. The van der Waals surface area contributed by atoms with Crippen LogP contribution in [0.15, 0.2) is 72.8 Å². The van der Waals surface area contributed by atoms with Crippen molar-refractivity contribution in [1.82, 2.24) is 0 Å². The van der Waals surface area contributed by atoms with Crippen molar-refractivity contribution < 1.29 is 4.79 Å². The van der Waals surface area contributed by atoms with Crippen molar-refractivity contribution in [2.24, 2.45) is 0 Å². The smallest absolute Gasteiger partial charge is 0.260 e. The molecule has 0 aromatic heterocycles. The van der Waals surface area contributed by atoms with Gasteiger partial charge in [0.2, 0.25) is 0 Å². The van der Waals surface area contributed by atoms with E-state index in [1.165, 1.54) is 0 Å². The maximum atomic E-state index is 13.3. The number of amides is 1. The summed E-state index contributed by atoms with van der Waals surface area (Å²) in [5, 5.41) is 4.49. The third-order valence-electron chi connectivity index (χ3n) is 5.08. The number of rotatable bonds is 3. The van der Waals surface area contributed by atoms with E-state index in [0.29, 0.717) is 15.6 Å². The molecule has 0 bridgehead atoms. The molecule has 1 amide bonds. The van der Waals surface area contributed by atoms with E-state index in [4.69, 9.17) is 23.2 Å². The van der Waals surface area contributed by atoms with Gasteiger partial charge in [-0.1, -0.05) is 59.6 Å². The molecule has 5 heteroatoms. The summed E-state index contributed by atoms with van der Waals surface area (Å²) in [6.45, 7) is 2.07. The molecule has 0 aliphatic carbocycles. The summed E-state index contributed by atoms with van der Waals surface area (Å²) >= 11 is 12.3. The van der Waals surface area contributed by atoms with Gasteiger partial charge in [-0.05, 0) is 55.3 Å². The van der Waals surface area contributed by atoms with E-state index in [9.17, 15) is 4.79 Å². The van der Waals surface area contributed by atoms with Crippen LogP contribution in [0.1, 0.15) is 35.3 Å². The molecule has 0 fully saturated rings. The summed E-state index contributed by atoms with van der Waals surface area (Å²) < 4.78 is 0. The predicted molar refractivity (Wildman–Crippen MR) is 117 cm³/mol. The number of halogens is 2. The number of para-hydroxylation sites is 2. The zero-order valence-electron chi connectivity index (χ0n) is 15.4. The number of carbonyl (C=O) groups excluding carboxylic acids is 1. The molecule has 1 aliphatic rings. The van der Waals surface area contributed by atoms with E-state index in [0.717, 1.165) is 23.4 Å². The molecule has 0 unspecified atom stereocenters. The lowest BCUT2D eigenvalue weighted by Gasteiger charge is -2.40. The largest absolute Gasteiger partial charge is 0.378 e. The maximum absolute atomic E-state index is 13.3. The van der Waals surface area contributed by atoms with Gasteiger partial charge in [0.1, 0.15) is 0 Å². The summed E-state index contributed by atoms with van der Waals surface area (Å²) in [6.07, 6.45) is 0.795. The molecule has 0 saturated heterocycles. The third-order valence-corrected chi connectivity index (χ3v) is 5.63. The zero-order valence-corrected chi connectivity index (χ0v) is 16.9. The lowest BCUT2D eigenvalue weighted by molar-refractivity contribution is 0.0974. The number of benzene rings is 3. The van der Waals surface area contributed by atoms with Crippen molar-refractivity contribution in [3.8, 4) is 0 Å². The summed E-state index contributed by atoms with van der Waals surface area (Å²) in [5.74, 6) is -0.111. The Morgan fingerprint density at radius 2 is 1.71 bits per heavy atom. The number of hydrogen-bond donors (Lipinski definition) is 1. The van der Waals surface area contributed by atoms with Crippen LogP contribution in [0.5, 0.6) is 0 Å². The van der Waals surface area contributed by atoms with E-state index in [2.05, 4.69) is 30.4 Å². The maximum Gasteiger partial charge on any atom is 0.260 e. The molecule has 1 N–H and O–H groups in total. The van der Waals surface area contributed by atoms with Crippen LogP contribution in [0, 0.1) is 0 Å². The first-order valence-corrected chi connectivity index (χ1v) is 9.99. The van der Waals surface area contributed by atoms with Gasteiger partial charge in [-0.15, -0.1) is 0 Å². The fraction of sp³-hybridized carbons (Fsp3) is 0.174. The van der Waals surface area contributed by atoms with Crippen LogP contribution >= 0.6 is 23.2 Å². The van der Waals surface area contributed by atoms with E-state index >= 15 is 0 Å². The normalized spacial score (nSPS) is 18.5. The van der Waals surface area contributed by atoms with Crippen molar-refractivity contribution in [3.05, 3.63) is 94.0 Å². The lowest BCUT2D eigenvalue weighted by Crippen LogP contribution is -2.44. The van der Waals surface area contributed by atoms with Gasteiger partial charge in [0.15, 0.2) is 0 Å². The highest BCUT2D eigenvalue weighted by atomic mass is 35.5. The minimum atomic E-state index is -0.111. The first kappa shape index (κ1) is 18.9. The average Bonchev–Trinajstić information content (AvgIpc) is 2.68. The summed E-state index contributed by atoms with van der Waals surface area (Å²) in [5.41, 5.74) is 3.53. The molecule has 0 spiro atoms. The van der Waals surface area contributed by atoms with Crippen LogP contribution in [0.2, 0.25) is 10.0 Å². The van der Waals surface area contributed by atoms with Gasteiger partial charge in [0.05, 0.1) is 16.6 Å². The van der Waals surface area contributed by atoms with Crippen LogP contribution in [0.25, 0.3) is 0 Å². The van der Waals surface area contributed by atoms with Gasteiger partial charge in [-0.3, -0.25) is 4.79 Å². The van der Waals surface area contributed by atoms with Gasteiger partial charge in [0.25, 0.3) is 5.91 Å². The first-order chi connectivity index (χ1) is 13.5. The molecule has 2 atom stereocenters. The van der Waals surface area contributed by atoms with E-state index in [-0.39, 0.29) is 18.0 Å². The predicted octanol–water partition coefficient (Wildman–Crippen LogP) is 6.59. The Hall–Kier alpha value is -2.49. The molecule has 3 aromatic rings. The van der Waals surface area contributed by atoms with Gasteiger partial charge < -0.3 is 10.2 Å². The number of anilines is 2. The molecule has 0 saturated carbocycles. The Morgan fingerprint density at radius 3 is 2.46 bits per heavy atom. The standard InChI is InChI=1S/C23H20Cl2N2O/c1-15-13-21(26-17-7-3-2-4-8-17)19-9-5-6-10-22(19)27(15)23(28)18-12-11-16(24)14-20(18)25/h2-12,14-15,21,26H,13H2,1H3/t15-,21+/m0/s1. The van der Waals surface area contributed by atoms with Crippen LogP contribution in [0.3, 0.4) is 0 Å². The number of fused-ring (bicyclic) bond motifs is 1. The molecule has 1 aliphatic heterocycles. The average molecular weight is 411 g/mol. The molecule has 3 aromatic carbocycles. The quantitative estimate of drug-likeness (QED) is 0.528. The van der Waals surface area contributed by atoms with Crippen LogP contribution in [-0.4, -0.2) is 11.9 Å². The van der Waals surface area contributed by atoms with Gasteiger partial charge in [-0.25, -0.2) is 0 Å². The molecule has 142 valence electrons. The second-order valence-electron chi connectivity index (χ2n) is 7.01. The highest BCUT2D eigenvalue weighted by Gasteiger charge is 2.34. The highest BCUT2D eigenvalue weighted by Crippen LogP contribution is 2.40. The Labute approximate surface area is 174 Å². The summed E-state index contributed by atoms with van der Waals surface area (Å²) in [4.78, 5) is 15.2. The number of nitrogens with one attached hydrogen (secondary N) is 1. The molecular weight excluding hydrogens is 391 g/mol.